The van der Waals surface area contributed by atoms with Crippen molar-refractivity contribution in [1.29, 1.82) is 0 Å². The molecular weight excluding hydrogens is 335 g/mol. The molecule has 0 saturated heterocycles. The number of hydrogen-bond acceptors (Lipinski definition) is 5. The number of carbonyl (C=O) groups excluding carboxylic acids is 2. The van der Waals surface area contributed by atoms with Gasteiger partial charge in [-0.15, -0.1) is 0 Å². The van der Waals surface area contributed by atoms with Crippen LogP contribution in [-0.4, -0.2) is 23.5 Å². The summed E-state index contributed by atoms with van der Waals surface area (Å²) in [6, 6.07) is 3.28. The molecule has 0 atom stereocenters. The molecule has 2 aromatic rings. The van der Waals surface area contributed by atoms with E-state index in [1.165, 1.54) is 23.6 Å². The van der Waals surface area contributed by atoms with Crippen LogP contribution in [0.25, 0.3) is 0 Å². The van der Waals surface area contributed by atoms with Crippen LogP contribution in [0.2, 0.25) is 10.0 Å². The van der Waals surface area contributed by atoms with Gasteiger partial charge in [-0.1, -0.05) is 23.2 Å². The van der Waals surface area contributed by atoms with Crippen molar-refractivity contribution in [3.63, 3.8) is 0 Å². The molecule has 0 spiro atoms. The minimum atomic E-state index is -0.523. The molecule has 0 radical (unpaired) electrons. The van der Waals surface area contributed by atoms with Gasteiger partial charge in [-0.2, -0.15) is 11.3 Å². The molecule has 21 heavy (non-hydrogen) atoms. The van der Waals surface area contributed by atoms with Gasteiger partial charge in [-0.3, -0.25) is 9.59 Å². The molecular formula is C13H10Cl2N2O3S. The Bertz CT molecular complexity index is 647. The molecule has 1 N–H and O–H groups in total. The van der Waals surface area contributed by atoms with Crippen LogP contribution in [0.1, 0.15) is 5.56 Å². The van der Waals surface area contributed by atoms with Gasteiger partial charge in [0, 0.05) is 6.20 Å². The zero-order valence-corrected chi connectivity index (χ0v) is 13.0. The van der Waals surface area contributed by atoms with Crippen molar-refractivity contribution in [3.05, 3.63) is 44.7 Å². The predicted octanol–water partition coefficient (Wildman–Crippen LogP) is 3.17. The summed E-state index contributed by atoms with van der Waals surface area (Å²) in [7, 11) is 0. The van der Waals surface area contributed by atoms with E-state index in [0.717, 1.165) is 5.56 Å². The fourth-order valence-corrected chi connectivity index (χ4v) is 2.53. The number of anilines is 1. The average Bonchev–Trinajstić information content (AvgIpc) is 2.92. The van der Waals surface area contributed by atoms with Crippen molar-refractivity contribution < 1.29 is 14.3 Å². The molecule has 2 rings (SSSR count). The third-order valence-electron chi connectivity index (χ3n) is 2.36. The molecule has 1 amide bonds. The van der Waals surface area contributed by atoms with Crippen molar-refractivity contribution >= 4 is 52.2 Å². The maximum absolute atomic E-state index is 11.6. The van der Waals surface area contributed by atoms with Gasteiger partial charge < -0.3 is 10.1 Å². The van der Waals surface area contributed by atoms with Crippen molar-refractivity contribution in [1.82, 2.24) is 4.98 Å². The first kappa shape index (κ1) is 15.8. The van der Waals surface area contributed by atoms with Crippen LogP contribution in [0, 0.1) is 0 Å². The molecule has 0 aliphatic rings. The number of rotatable bonds is 5. The summed E-state index contributed by atoms with van der Waals surface area (Å²) >= 11 is 13.0. The summed E-state index contributed by atoms with van der Waals surface area (Å²) in [6.07, 6.45) is 1.49. The van der Waals surface area contributed by atoms with Gasteiger partial charge in [0.05, 0.1) is 16.5 Å². The minimum absolute atomic E-state index is 0.136. The van der Waals surface area contributed by atoms with Crippen LogP contribution in [-0.2, 0) is 20.7 Å². The highest BCUT2D eigenvalue weighted by Gasteiger charge is 2.11. The van der Waals surface area contributed by atoms with Gasteiger partial charge in [-0.05, 0) is 28.5 Å². The van der Waals surface area contributed by atoms with Gasteiger partial charge in [0.2, 0.25) is 0 Å². The Kier molecular flexibility index (Phi) is 5.55. The first-order valence-electron chi connectivity index (χ1n) is 5.82. The van der Waals surface area contributed by atoms with E-state index in [0.29, 0.717) is 5.02 Å². The monoisotopic (exact) mass is 344 g/mol. The normalized spacial score (nSPS) is 10.2. The lowest BCUT2D eigenvalue weighted by atomic mass is 10.2. The molecule has 0 aliphatic carbocycles. The van der Waals surface area contributed by atoms with E-state index in [1.807, 2.05) is 16.8 Å². The first-order valence-corrected chi connectivity index (χ1v) is 7.52. The number of nitrogens with zero attached hydrogens (tertiary/aromatic N) is 1. The molecule has 2 aromatic heterocycles. The zero-order valence-electron chi connectivity index (χ0n) is 10.6. The van der Waals surface area contributed by atoms with E-state index in [4.69, 9.17) is 27.9 Å². The SMILES string of the molecule is O=C(COC(=O)Cc1ccsc1)Nc1ncc(Cl)cc1Cl. The van der Waals surface area contributed by atoms with Crippen LogP contribution >= 0.6 is 34.5 Å². The Hall–Kier alpha value is -1.63. The van der Waals surface area contributed by atoms with E-state index >= 15 is 0 Å². The molecule has 0 aliphatic heterocycles. The Balaban J connectivity index is 1.80. The maximum atomic E-state index is 11.6. The molecule has 5 nitrogen and oxygen atoms in total. The number of carbonyl (C=O) groups is 2. The standard InChI is InChI=1S/C13H10Cl2N2O3S/c14-9-4-10(15)13(16-5-9)17-11(18)6-20-12(19)3-8-1-2-21-7-8/h1-2,4-5,7H,3,6H2,(H,16,17,18). The Morgan fingerprint density at radius 3 is 2.86 bits per heavy atom. The van der Waals surface area contributed by atoms with E-state index in [2.05, 4.69) is 10.3 Å². The number of amides is 1. The second kappa shape index (κ2) is 7.40. The number of ether oxygens (including phenoxy) is 1. The molecule has 110 valence electrons. The van der Waals surface area contributed by atoms with Gasteiger partial charge in [0.1, 0.15) is 0 Å². The second-order valence-electron chi connectivity index (χ2n) is 4.00. The van der Waals surface area contributed by atoms with Crippen LogP contribution < -0.4 is 5.32 Å². The van der Waals surface area contributed by atoms with Crippen LogP contribution in [0.4, 0.5) is 5.82 Å². The van der Waals surface area contributed by atoms with Crippen molar-refractivity contribution in [2.24, 2.45) is 0 Å². The number of pyridine rings is 1. The molecule has 0 bridgehead atoms. The van der Waals surface area contributed by atoms with Gasteiger partial charge in [0.25, 0.3) is 5.91 Å². The summed E-state index contributed by atoms with van der Waals surface area (Å²) in [4.78, 5) is 27.0. The summed E-state index contributed by atoms with van der Waals surface area (Å²) in [5.41, 5.74) is 0.854. The summed E-state index contributed by atoms with van der Waals surface area (Å²) in [5.74, 6) is -0.830. The average molecular weight is 345 g/mol. The van der Waals surface area contributed by atoms with Crippen LogP contribution in [0.3, 0.4) is 0 Å². The fourth-order valence-electron chi connectivity index (χ4n) is 1.43. The van der Waals surface area contributed by atoms with E-state index in [-0.39, 0.29) is 17.3 Å². The lowest BCUT2D eigenvalue weighted by Crippen LogP contribution is -2.22. The summed E-state index contributed by atoms with van der Waals surface area (Å²) in [5, 5.41) is 6.72. The molecule has 0 aromatic carbocycles. The molecule has 8 heteroatoms. The summed E-state index contributed by atoms with van der Waals surface area (Å²) in [6.45, 7) is -0.399. The predicted molar refractivity (Wildman–Crippen MR) is 81.9 cm³/mol. The molecule has 2 heterocycles. The van der Waals surface area contributed by atoms with E-state index in [9.17, 15) is 9.59 Å². The third kappa shape index (κ3) is 5.00. The maximum Gasteiger partial charge on any atom is 0.310 e. The van der Waals surface area contributed by atoms with Gasteiger partial charge >= 0.3 is 5.97 Å². The fraction of sp³-hybridized carbons (Fsp3) is 0.154. The highest BCUT2D eigenvalue weighted by molar-refractivity contribution is 7.08. The Labute approximate surface area is 134 Å². The number of hydrogen-bond donors (Lipinski definition) is 1. The highest BCUT2D eigenvalue weighted by atomic mass is 35.5. The van der Waals surface area contributed by atoms with E-state index < -0.39 is 18.5 Å². The largest absolute Gasteiger partial charge is 0.455 e. The number of aromatic nitrogens is 1. The topological polar surface area (TPSA) is 68.3 Å². The third-order valence-corrected chi connectivity index (χ3v) is 3.59. The quantitative estimate of drug-likeness (QED) is 0.845. The molecule has 0 saturated carbocycles. The highest BCUT2D eigenvalue weighted by Crippen LogP contribution is 2.22. The Morgan fingerprint density at radius 1 is 1.38 bits per heavy atom. The van der Waals surface area contributed by atoms with Crippen LogP contribution in [0.15, 0.2) is 29.1 Å². The van der Waals surface area contributed by atoms with Crippen molar-refractivity contribution in [2.75, 3.05) is 11.9 Å². The second-order valence-corrected chi connectivity index (χ2v) is 5.62. The number of nitrogens with one attached hydrogen (secondary N) is 1. The molecule has 0 fully saturated rings. The summed E-state index contributed by atoms with van der Waals surface area (Å²) < 4.78 is 4.87. The minimum Gasteiger partial charge on any atom is -0.455 e. The number of esters is 1. The van der Waals surface area contributed by atoms with Gasteiger partial charge in [0.15, 0.2) is 12.4 Å². The lowest BCUT2D eigenvalue weighted by molar-refractivity contribution is -0.146. The smallest absolute Gasteiger partial charge is 0.310 e. The number of thiophene rings is 1. The zero-order chi connectivity index (χ0) is 15.2. The molecule has 0 unspecified atom stereocenters. The van der Waals surface area contributed by atoms with Crippen molar-refractivity contribution in [3.8, 4) is 0 Å². The number of halogens is 2. The van der Waals surface area contributed by atoms with Crippen LogP contribution in [0.5, 0.6) is 0 Å². The lowest BCUT2D eigenvalue weighted by Gasteiger charge is -2.07. The Morgan fingerprint density at radius 2 is 2.19 bits per heavy atom. The van der Waals surface area contributed by atoms with Crippen molar-refractivity contribution in [2.45, 2.75) is 6.42 Å². The van der Waals surface area contributed by atoms with E-state index in [1.54, 1.807) is 0 Å². The first-order chi connectivity index (χ1) is 10.0. The van der Waals surface area contributed by atoms with Gasteiger partial charge in [-0.25, -0.2) is 4.98 Å².